The maximum Gasteiger partial charge on any atom is 0.0509 e. The van der Waals surface area contributed by atoms with Crippen LogP contribution in [0.15, 0.2) is 0 Å². The van der Waals surface area contributed by atoms with Gasteiger partial charge in [0.05, 0.1) is 6.61 Å². The molecule has 0 bridgehead atoms. The Morgan fingerprint density at radius 1 is 1.29 bits per heavy atom. The van der Waals surface area contributed by atoms with Crippen molar-refractivity contribution in [1.82, 2.24) is 5.32 Å². The van der Waals surface area contributed by atoms with Crippen molar-refractivity contribution in [2.75, 3.05) is 19.8 Å². The lowest BCUT2D eigenvalue weighted by Crippen LogP contribution is -2.43. The molecule has 1 rings (SSSR count). The molecule has 1 N–H and O–H groups in total. The fourth-order valence-corrected chi connectivity index (χ4v) is 2.97. The van der Waals surface area contributed by atoms with Gasteiger partial charge >= 0.3 is 0 Å². The van der Waals surface area contributed by atoms with Crippen LogP contribution < -0.4 is 5.32 Å². The van der Waals surface area contributed by atoms with Crippen LogP contribution in [0.4, 0.5) is 0 Å². The fraction of sp³-hybridized carbons (Fsp3) is 1.00. The van der Waals surface area contributed by atoms with Gasteiger partial charge in [-0.1, -0.05) is 46.5 Å². The Hall–Kier alpha value is -0.0800. The smallest absolute Gasteiger partial charge is 0.0509 e. The van der Waals surface area contributed by atoms with E-state index in [1.807, 2.05) is 0 Å². The Morgan fingerprint density at radius 3 is 2.76 bits per heavy atom. The molecular formula is C15H31NO. The van der Waals surface area contributed by atoms with Crippen LogP contribution in [0, 0.1) is 11.8 Å². The first-order valence-electron chi connectivity index (χ1n) is 7.62. The summed E-state index contributed by atoms with van der Waals surface area (Å²) in [5.41, 5.74) is 0. The summed E-state index contributed by atoms with van der Waals surface area (Å²) in [5, 5.41) is 3.64. The van der Waals surface area contributed by atoms with Crippen molar-refractivity contribution in [3.05, 3.63) is 0 Å². The molecule has 102 valence electrons. The zero-order valence-corrected chi connectivity index (χ0v) is 12.0. The van der Waals surface area contributed by atoms with Crippen LogP contribution in [0.3, 0.4) is 0 Å². The highest BCUT2D eigenvalue weighted by molar-refractivity contribution is 4.81. The van der Waals surface area contributed by atoms with E-state index >= 15 is 0 Å². The summed E-state index contributed by atoms with van der Waals surface area (Å²) in [6.07, 6.45) is 8.00. The summed E-state index contributed by atoms with van der Waals surface area (Å²) in [5.74, 6) is 1.65. The van der Waals surface area contributed by atoms with Crippen molar-refractivity contribution >= 4 is 0 Å². The minimum atomic E-state index is 0.699. The molecule has 1 heterocycles. The first-order chi connectivity index (χ1) is 8.31. The number of hydrogen-bond donors (Lipinski definition) is 1. The predicted molar refractivity (Wildman–Crippen MR) is 74.3 cm³/mol. The van der Waals surface area contributed by atoms with Gasteiger partial charge in [-0.3, -0.25) is 0 Å². The van der Waals surface area contributed by atoms with Crippen molar-refractivity contribution in [3.63, 3.8) is 0 Å². The average Bonchev–Trinajstić information content (AvgIpc) is 2.36. The lowest BCUT2D eigenvalue weighted by Gasteiger charge is -2.34. The molecule has 0 aromatic carbocycles. The van der Waals surface area contributed by atoms with E-state index in [9.17, 15) is 0 Å². The van der Waals surface area contributed by atoms with Gasteiger partial charge < -0.3 is 10.1 Å². The van der Waals surface area contributed by atoms with Crippen LogP contribution in [0.5, 0.6) is 0 Å². The van der Waals surface area contributed by atoms with E-state index in [4.69, 9.17) is 4.74 Å². The summed E-state index contributed by atoms with van der Waals surface area (Å²) >= 11 is 0. The van der Waals surface area contributed by atoms with Gasteiger partial charge in [-0.25, -0.2) is 0 Å². The monoisotopic (exact) mass is 241 g/mol. The summed E-state index contributed by atoms with van der Waals surface area (Å²) in [6.45, 7) is 9.85. The first-order valence-corrected chi connectivity index (χ1v) is 7.62. The maximum atomic E-state index is 5.67. The summed E-state index contributed by atoms with van der Waals surface area (Å²) in [6, 6.07) is 0.699. The van der Waals surface area contributed by atoms with Gasteiger partial charge in [0.1, 0.15) is 0 Å². The molecule has 1 fully saturated rings. The van der Waals surface area contributed by atoms with E-state index in [1.165, 1.54) is 38.5 Å². The highest BCUT2D eigenvalue weighted by atomic mass is 16.5. The van der Waals surface area contributed by atoms with Crippen LogP contribution in [0.1, 0.15) is 59.3 Å². The lowest BCUT2D eigenvalue weighted by atomic mass is 9.83. The molecule has 0 aromatic rings. The third kappa shape index (κ3) is 5.39. The van der Waals surface area contributed by atoms with Crippen molar-refractivity contribution < 1.29 is 4.74 Å². The molecule has 0 spiro atoms. The topological polar surface area (TPSA) is 21.3 Å². The van der Waals surface area contributed by atoms with E-state index < -0.39 is 0 Å². The normalized spacial score (nSPS) is 27.0. The molecule has 1 aliphatic heterocycles. The number of hydrogen-bond acceptors (Lipinski definition) is 2. The maximum absolute atomic E-state index is 5.67. The number of nitrogens with one attached hydrogen (secondary N) is 1. The number of rotatable bonds is 8. The fourth-order valence-electron chi connectivity index (χ4n) is 2.97. The quantitative estimate of drug-likeness (QED) is 0.701. The van der Waals surface area contributed by atoms with Gasteiger partial charge in [0.2, 0.25) is 0 Å². The lowest BCUT2D eigenvalue weighted by molar-refractivity contribution is 0.0217. The van der Waals surface area contributed by atoms with E-state index in [0.717, 1.165) is 31.6 Å². The Balaban J connectivity index is 2.38. The largest absolute Gasteiger partial charge is 0.381 e. The summed E-state index contributed by atoms with van der Waals surface area (Å²) < 4.78 is 5.67. The van der Waals surface area contributed by atoms with E-state index in [0.29, 0.717) is 6.04 Å². The van der Waals surface area contributed by atoms with E-state index in [1.54, 1.807) is 0 Å². The Bertz CT molecular complexity index is 182. The van der Waals surface area contributed by atoms with Crippen LogP contribution in [0.2, 0.25) is 0 Å². The highest BCUT2D eigenvalue weighted by Crippen LogP contribution is 2.27. The van der Waals surface area contributed by atoms with Gasteiger partial charge in [0.25, 0.3) is 0 Å². The molecule has 2 heteroatoms. The Morgan fingerprint density at radius 2 is 2.12 bits per heavy atom. The number of unbranched alkanes of at least 4 members (excludes halogenated alkanes) is 1. The van der Waals surface area contributed by atoms with Crippen molar-refractivity contribution in [3.8, 4) is 0 Å². The minimum absolute atomic E-state index is 0.699. The average molecular weight is 241 g/mol. The van der Waals surface area contributed by atoms with Crippen molar-refractivity contribution in [2.45, 2.75) is 65.3 Å². The van der Waals surface area contributed by atoms with Crippen molar-refractivity contribution in [1.29, 1.82) is 0 Å². The van der Waals surface area contributed by atoms with Crippen LogP contribution in [-0.2, 0) is 4.74 Å². The molecule has 1 saturated heterocycles. The molecule has 17 heavy (non-hydrogen) atoms. The molecule has 1 aliphatic rings. The third-order valence-corrected chi connectivity index (χ3v) is 4.12. The Labute approximate surface area is 108 Å². The zero-order valence-electron chi connectivity index (χ0n) is 12.0. The second-order valence-electron chi connectivity index (χ2n) is 5.44. The molecule has 0 amide bonds. The highest BCUT2D eigenvalue weighted by Gasteiger charge is 2.26. The second-order valence-corrected chi connectivity index (χ2v) is 5.44. The zero-order chi connectivity index (χ0) is 12.5. The van der Waals surface area contributed by atoms with E-state index in [2.05, 4.69) is 26.1 Å². The van der Waals surface area contributed by atoms with Crippen LogP contribution in [-0.4, -0.2) is 25.8 Å². The molecule has 3 atom stereocenters. The molecule has 2 nitrogen and oxygen atoms in total. The SMILES string of the molecule is CCCCC(CC)CC1COCCC1NCC. The minimum Gasteiger partial charge on any atom is -0.381 e. The first kappa shape index (κ1) is 15.0. The van der Waals surface area contributed by atoms with Crippen LogP contribution in [0.25, 0.3) is 0 Å². The van der Waals surface area contributed by atoms with E-state index in [-0.39, 0.29) is 0 Å². The molecule has 0 radical (unpaired) electrons. The van der Waals surface area contributed by atoms with Gasteiger partial charge in [-0.15, -0.1) is 0 Å². The molecule has 0 aromatic heterocycles. The molecular weight excluding hydrogens is 210 g/mol. The van der Waals surface area contributed by atoms with Gasteiger partial charge in [-0.2, -0.15) is 0 Å². The number of ether oxygens (including phenoxy) is 1. The standard InChI is InChI=1S/C15H31NO/c1-4-7-8-13(5-2)11-14-12-17-10-9-15(14)16-6-3/h13-16H,4-12H2,1-3H3. The van der Waals surface area contributed by atoms with Crippen LogP contribution >= 0.6 is 0 Å². The molecule has 3 unspecified atom stereocenters. The summed E-state index contributed by atoms with van der Waals surface area (Å²) in [4.78, 5) is 0. The van der Waals surface area contributed by atoms with Gasteiger partial charge in [-0.05, 0) is 31.2 Å². The van der Waals surface area contributed by atoms with Gasteiger partial charge in [0.15, 0.2) is 0 Å². The summed E-state index contributed by atoms with van der Waals surface area (Å²) in [7, 11) is 0. The van der Waals surface area contributed by atoms with Gasteiger partial charge in [0, 0.05) is 12.6 Å². The predicted octanol–water partition coefficient (Wildman–Crippen LogP) is 3.61. The third-order valence-electron chi connectivity index (χ3n) is 4.12. The molecule has 0 saturated carbocycles. The van der Waals surface area contributed by atoms with Crippen molar-refractivity contribution in [2.24, 2.45) is 11.8 Å². The second kappa shape index (κ2) is 8.93. The Kier molecular flexibility index (Phi) is 7.87. The molecule has 0 aliphatic carbocycles.